The molecule has 0 amide bonds. The summed E-state index contributed by atoms with van der Waals surface area (Å²) in [6, 6.07) is 0. The van der Waals surface area contributed by atoms with Crippen LogP contribution in [-0.4, -0.2) is 32.8 Å². The second-order valence-corrected chi connectivity index (χ2v) is 5.17. The topological polar surface area (TPSA) is 59.6 Å². The summed E-state index contributed by atoms with van der Waals surface area (Å²) in [5.74, 6) is 0. The molecule has 0 fully saturated rings. The minimum absolute atomic E-state index is 0.387. The summed E-state index contributed by atoms with van der Waals surface area (Å²) in [5, 5.41) is 6.12. The Hall–Kier alpha value is 0.0700. The Morgan fingerprint density at radius 2 is 1.62 bits per heavy atom. The van der Waals surface area contributed by atoms with Gasteiger partial charge in [0, 0.05) is 6.54 Å². The zero-order valence-electron chi connectivity index (χ0n) is 10.6. The fourth-order valence-corrected chi connectivity index (χ4v) is 2.57. The Balaban J connectivity index is 3.64. The highest BCUT2D eigenvalue weighted by Gasteiger charge is 2.21. The summed E-state index contributed by atoms with van der Waals surface area (Å²) in [6.07, 6.45) is 2.04. The summed E-state index contributed by atoms with van der Waals surface area (Å²) >= 11 is 0. The highest BCUT2D eigenvalue weighted by molar-refractivity contribution is 7.51. The molecular weight excluding hydrogens is 227 g/mol. The van der Waals surface area contributed by atoms with Crippen molar-refractivity contribution in [1.29, 1.82) is 0 Å². The van der Waals surface area contributed by atoms with Gasteiger partial charge >= 0.3 is 7.75 Å². The van der Waals surface area contributed by atoms with Crippen LogP contribution in [0.15, 0.2) is 0 Å². The molecule has 0 atom stereocenters. The Kier molecular flexibility index (Phi) is 10.3. The molecule has 0 saturated carbocycles. The van der Waals surface area contributed by atoms with Gasteiger partial charge in [0.25, 0.3) is 0 Å². The van der Waals surface area contributed by atoms with Gasteiger partial charge in [0.15, 0.2) is 0 Å². The smallest absolute Gasteiger partial charge is 0.317 e. The lowest BCUT2D eigenvalue weighted by atomic mass is 10.4. The van der Waals surface area contributed by atoms with Crippen LogP contribution in [0.4, 0.5) is 0 Å². The molecule has 2 N–H and O–H groups in total. The Bertz CT molecular complexity index is 193. The molecule has 0 radical (unpaired) electrons. The quantitative estimate of drug-likeness (QED) is 0.436. The maximum absolute atomic E-state index is 11.9. The van der Waals surface area contributed by atoms with Crippen LogP contribution in [0, 0.1) is 0 Å². The first-order valence-electron chi connectivity index (χ1n) is 6.03. The van der Waals surface area contributed by atoms with E-state index < -0.39 is 7.75 Å². The third-order valence-electron chi connectivity index (χ3n) is 1.86. The predicted octanol–water partition coefficient (Wildman–Crippen LogP) is 2.15. The van der Waals surface area contributed by atoms with E-state index >= 15 is 0 Å². The van der Waals surface area contributed by atoms with Crippen molar-refractivity contribution < 1.29 is 13.6 Å². The van der Waals surface area contributed by atoms with Crippen molar-refractivity contribution in [2.75, 3.05) is 32.8 Å². The van der Waals surface area contributed by atoms with Gasteiger partial charge in [-0.2, -0.15) is 0 Å². The Morgan fingerprint density at radius 3 is 2.12 bits per heavy atom. The first kappa shape index (κ1) is 16.1. The van der Waals surface area contributed by atoms with Crippen molar-refractivity contribution in [2.24, 2.45) is 0 Å². The van der Waals surface area contributed by atoms with Crippen molar-refractivity contribution in [1.82, 2.24) is 10.4 Å². The molecule has 0 rings (SSSR count). The Morgan fingerprint density at radius 1 is 1.00 bits per heavy atom. The standard InChI is InChI=1S/C10H25N2O3P/c1-4-8-11-9-7-10-12-16(13,14-5-2)15-6-3/h11H,4-10H2,1-3H3,(H,12,13). The maximum atomic E-state index is 11.9. The fraction of sp³-hybridized carbons (Fsp3) is 1.00. The minimum Gasteiger partial charge on any atom is -0.317 e. The van der Waals surface area contributed by atoms with E-state index in [0.717, 1.165) is 25.9 Å². The van der Waals surface area contributed by atoms with E-state index in [0.29, 0.717) is 19.8 Å². The van der Waals surface area contributed by atoms with Crippen molar-refractivity contribution in [3.05, 3.63) is 0 Å². The first-order chi connectivity index (χ1) is 7.68. The first-order valence-corrected chi connectivity index (χ1v) is 7.57. The average molecular weight is 252 g/mol. The van der Waals surface area contributed by atoms with E-state index in [1.165, 1.54) is 0 Å². The van der Waals surface area contributed by atoms with Gasteiger partial charge in [0.05, 0.1) is 13.2 Å². The van der Waals surface area contributed by atoms with Crippen LogP contribution >= 0.6 is 7.75 Å². The molecular formula is C10H25N2O3P. The maximum Gasteiger partial charge on any atom is 0.405 e. The monoisotopic (exact) mass is 252 g/mol. The lowest BCUT2D eigenvalue weighted by Crippen LogP contribution is -2.22. The summed E-state index contributed by atoms with van der Waals surface area (Å²) in [7, 11) is -3.05. The van der Waals surface area contributed by atoms with Gasteiger partial charge in [-0.3, -0.25) is 9.05 Å². The van der Waals surface area contributed by atoms with E-state index in [1.807, 2.05) is 0 Å². The zero-order valence-corrected chi connectivity index (χ0v) is 11.5. The van der Waals surface area contributed by atoms with Crippen molar-refractivity contribution in [3.63, 3.8) is 0 Å². The lowest BCUT2D eigenvalue weighted by Gasteiger charge is -2.17. The van der Waals surface area contributed by atoms with Gasteiger partial charge in [-0.15, -0.1) is 0 Å². The minimum atomic E-state index is -3.05. The van der Waals surface area contributed by atoms with Crippen molar-refractivity contribution in [3.8, 4) is 0 Å². The van der Waals surface area contributed by atoms with Gasteiger partial charge in [0.1, 0.15) is 0 Å². The zero-order chi connectivity index (χ0) is 12.3. The van der Waals surface area contributed by atoms with Gasteiger partial charge in [0.2, 0.25) is 0 Å². The molecule has 0 heterocycles. The van der Waals surface area contributed by atoms with Crippen LogP contribution in [0.2, 0.25) is 0 Å². The number of rotatable bonds is 11. The molecule has 0 bridgehead atoms. The van der Waals surface area contributed by atoms with Crippen LogP contribution in [0.25, 0.3) is 0 Å². The largest absolute Gasteiger partial charge is 0.405 e. The lowest BCUT2D eigenvalue weighted by molar-refractivity contribution is 0.210. The van der Waals surface area contributed by atoms with Crippen LogP contribution in [0.5, 0.6) is 0 Å². The highest BCUT2D eigenvalue weighted by Crippen LogP contribution is 2.42. The van der Waals surface area contributed by atoms with Crippen LogP contribution in [0.3, 0.4) is 0 Å². The number of nitrogens with one attached hydrogen (secondary N) is 2. The molecule has 5 nitrogen and oxygen atoms in total. The van der Waals surface area contributed by atoms with E-state index in [4.69, 9.17) is 9.05 Å². The molecule has 0 aromatic carbocycles. The molecule has 0 aromatic rings. The van der Waals surface area contributed by atoms with Gasteiger partial charge in [-0.1, -0.05) is 6.92 Å². The second kappa shape index (κ2) is 10.2. The van der Waals surface area contributed by atoms with E-state index in [9.17, 15) is 4.57 Å². The molecule has 98 valence electrons. The van der Waals surface area contributed by atoms with Crippen LogP contribution in [-0.2, 0) is 13.6 Å². The molecule has 0 aliphatic rings. The van der Waals surface area contributed by atoms with E-state index in [-0.39, 0.29) is 0 Å². The molecule has 6 heteroatoms. The van der Waals surface area contributed by atoms with Gasteiger partial charge in [-0.05, 0) is 39.8 Å². The molecule has 0 aromatic heterocycles. The van der Waals surface area contributed by atoms with Crippen molar-refractivity contribution >= 4 is 7.75 Å². The van der Waals surface area contributed by atoms with E-state index in [1.54, 1.807) is 13.8 Å². The summed E-state index contributed by atoms with van der Waals surface area (Å²) < 4.78 is 22.1. The third-order valence-corrected chi connectivity index (χ3v) is 3.67. The average Bonchev–Trinajstić information content (AvgIpc) is 2.24. The molecule has 0 saturated heterocycles. The summed E-state index contributed by atoms with van der Waals surface area (Å²) in [6.45, 7) is 9.08. The number of hydrogen-bond donors (Lipinski definition) is 2. The second-order valence-electron chi connectivity index (χ2n) is 3.34. The fourth-order valence-electron chi connectivity index (χ4n) is 1.20. The van der Waals surface area contributed by atoms with E-state index in [2.05, 4.69) is 17.3 Å². The summed E-state index contributed by atoms with van der Waals surface area (Å²) in [4.78, 5) is 0. The molecule has 0 aliphatic heterocycles. The molecule has 0 unspecified atom stereocenters. The van der Waals surface area contributed by atoms with Crippen LogP contribution in [0.1, 0.15) is 33.6 Å². The van der Waals surface area contributed by atoms with Crippen LogP contribution < -0.4 is 10.4 Å². The predicted molar refractivity (Wildman–Crippen MR) is 66.6 cm³/mol. The van der Waals surface area contributed by atoms with Gasteiger partial charge < -0.3 is 5.32 Å². The van der Waals surface area contributed by atoms with Gasteiger partial charge in [-0.25, -0.2) is 9.65 Å². The normalized spacial score (nSPS) is 11.9. The number of hydrogen-bond acceptors (Lipinski definition) is 4. The third kappa shape index (κ3) is 8.25. The molecule has 0 aliphatic carbocycles. The summed E-state index contributed by atoms with van der Waals surface area (Å²) in [5.41, 5.74) is 0. The molecule has 16 heavy (non-hydrogen) atoms. The Labute approximate surface area is 98.9 Å². The molecule has 0 spiro atoms. The SMILES string of the molecule is CCCNCCCNP(=O)(OCC)OCC. The van der Waals surface area contributed by atoms with Crippen molar-refractivity contribution in [2.45, 2.75) is 33.6 Å². The highest BCUT2D eigenvalue weighted by atomic mass is 31.2.